The molecule has 166 valence electrons. The molecule has 5 rings (SSSR count). The van der Waals surface area contributed by atoms with Crippen LogP contribution in [0.4, 0.5) is 0 Å². The zero-order valence-electron chi connectivity index (χ0n) is 18.5. The molecule has 32 heavy (non-hydrogen) atoms. The van der Waals surface area contributed by atoms with Gasteiger partial charge in [0.1, 0.15) is 17.6 Å². The molecule has 1 heterocycles. The van der Waals surface area contributed by atoms with Crippen molar-refractivity contribution in [2.24, 2.45) is 0 Å². The Balaban J connectivity index is 1.18. The van der Waals surface area contributed by atoms with Crippen molar-refractivity contribution in [3.05, 3.63) is 84.4 Å². The van der Waals surface area contributed by atoms with Gasteiger partial charge in [-0.25, -0.2) is 9.78 Å². The van der Waals surface area contributed by atoms with Crippen LogP contribution in [0.5, 0.6) is 11.5 Å². The Morgan fingerprint density at radius 1 is 0.781 bits per heavy atom. The highest BCUT2D eigenvalue weighted by Crippen LogP contribution is 2.38. The zero-order chi connectivity index (χ0) is 21.8. The zero-order valence-corrected chi connectivity index (χ0v) is 18.5. The van der Waals surface area contributed by atoms with Crippen molar-refractivity contribution in [3.63, 3.8) is 0 Å². The first kappa shape index (κ1) is 21.2. The maximum atomic E-state index is 6.13. The average molecular weight is 431 g/mol. The van der Waals surface area contributed by atoms with Crippen LogP contribution in [0.1, 0.15) is 50.5 Å². The van der Waals surface area contributed by atoms with Crippen molar-refractivity contribution >= 4 is 0 Å². The molecule has 1 unspecified atom stereocenters. The van der Waals surface area contributed by atoms with Crippen LogP contribution in [0.3, 0.4) is 0 Å². The topological polar surface area (TPSA) is 36.9 Å². The van der Waals surface area contributed by atoms with E-state index in [0.29, 0.717) is 6.61 Å². The molecule has 1 aliphatic heterocycles. The maximum absolute atomic E-state index is 6.13. The normalized spacial score (nSPS) is 21.2. The molecule has 0 amide bonds. The molecule has 2 fully saturated rings. The molecule has 1 saturated heterocycles. The van der Waals surface area contributed by atoms with Crippen LogP contribution in [0, 0.1) is 0 Å². The first-order chi connectivity index (χ1) is 15.7. The molecule has 0 N–H and O–H groups in total. The van der Waals surface area contributed by atoms with Gasteiger partial charge >= 0.3 is 0 Å². The number of hydrogen-bond donors (Lipinski definition) is 0. The van der Waals surface area contributed by atoms with Gasteiger partial charge in [0.05, 0.1) is 6.61 Å². The molecular weight excluding hydrogens is 400 g/mol. The first-order valence-electron chi connectivity index (χ1n) is 11.6. The molecule has 1 aliphatic carbocycles. The summed E-state index contributed by atoms with van der Waals surface area (Å²) < 4.78 is 12.2. The van der Waals surface area contributed by atoms with E-state index < -0.39 is 5.79 Å². The molecule has 0 bridgehead atoms. The molecule has 3 aromatic carbocycles. The van der Waals surface area contributed by atoms with Gasteiger partial charge in [0.2, 0.25) is 5.79 Å². The quantitative estimate of drug-likeness (QED) is 0.399. The van der Waals surface area contributed by atoms with Gasteiger partial charge in [0.25, 0.3) is 0 Å². The lowest BCUT2D eigenvalue weighted by molar-refractivity contribution is -0.493. The van der Waals surface area contributed by atoms with Crippen molar-refractivity contribution in [2.75, 3.05) is 6.61 Å². The number of benzene rings is 3. The highest BCUT2D eigenvalue weighted by molar-refractivity contribution is 5.64. The fraction of sp³-hybridized carbons (Fsp3) is 0.357. The van der Waals surface area contributed by atoms with Gasteiger partial charge in [-0.1, -0.05) is 67.9 Å². The van der Waals surface area contributed by atoms with Gasteiger partial charge in [0, 0.05) is 18.8 Å². The van der Waals surface area contributed by atoms with Crippen LogP contribution >= 0.6 is 0 Å². The minimum Gasteiger partial charge on any atom is -0.457 e. The summed E-state index contributed by atoms with van der Waals surface area (Å²) in [6.07, 6.45) is 5.26. The molecule has 0 radical (unpaired) electrons. The Hall–Kier alpha value is -2.66. The van der Waals surface area contributed by atoms with Crippen LogP contribution in [0.25, 0.3) is 11.1 Å². The van der Waals surface area contributed by atoms with Gasteiger partial charge in [-0.05, 0) is 53.8 Å². The molecule has 4 nitrogen and oxygen atoms in total. The molecule has 3 aromatic rings. The summed E-state index contributed by atoms with van der Waals surface area (Å²) in [7, 11) is 0. The predicted molar refractivity (Wildman–Crippen MR) is 125 cm³/mol. The molecular formula is C28H30O4. The second-order valence-corrected chi connectivity index (χ2v) is 8.85. The van der Waals surface area contributed by atoms with Crippen molar-refractivity contribution in [1.29, 1.82) is 0 Å². The molecule has 2 aliphatic rings. The third-order valence-electron chi connectivity index (χ3n) is 6.61. The van der Waals surface area contributed by atoms with Gasteiger partial charge in [-0.15, -0.1) is 0 Å². The van der Waals surface area contributed by atoms with E-state index in [2.05, 4.69) is 43.3 Å². The monoisotopic (exact) mass is 430 g/mol. The minimum absolute atomic E-state index is 0.111. The summed E-state index contributed by atoms with van der Waals surface area (Å²) in [6, 6.07) is 26.7. The van der Waals surface area contributed by atoms with E-state index in [-0.39, 0.29) is 12.0 Å². The second-order valence-electron chi connectivity index (χ2n) is 8.85. The van der Waals surface area contributed by atoms with E-state index in [9.17, 15) is 0 Å². The molecule has 1 spiro atoms. The summed E-state index contributed by atoms with van der Waals surface area (Å²) in [5.41, 5.74) is 3.55. The Labute approximate surface area is 190 Å². The van der Waals surface area contributed by atoms with E-state index in [4.69, 9.17) is 19.2 Å². The molecule has 2 atom stereocenters. The first-order valence-corrected chi connectivity index (χ1v) is 11.6. The predicted octanol–water partition coefficient (Wildman–Crippen LogP) is 7.26. The van der Waals surface area contributed by atoms with Crippen molar-refractivity contribution in [2.45, 2.75) is 56.8 Å². The third kappa shape index (κ3) is 4.73. The van der Waals surface area contributed by atoms with E-state index >= 15 is 0 Å². The highest BCUT2D eigenvalue weighted by Gasteiger charge is 2.41. The Morgan fingerprint density at radius 3 is 2.03 bits per heavy atom. The summed E-state index contributed by atoms with van der Waals surface area (Å²) in [5, 5.41) is 0. The number of rotatable bonds is 5. The van der Waals surface area contributed by atoms with E-state index in [1.807, 2.05) is 42.5 Å². The van der Waals surface area contributed by atoms with Gasteiger partial charge in [0.15, 0.2) is 0 Å². The lowest BCUT2D eigenvalue weighted by Crippen LogP contribution is -2.47. The summed E-state index contributed by atoms with van der Waals surface area (Å²) in [5.74, 6) is 1.28. The number of hydrogen-bond acceptors (Lipinski definition) is 4. The van der Waals surface area contributed by atoms with Crippen LogP contribution in [0.2, 0.25) is 0 Å². The van der Waals surface area contributed by atoms with Gasteiger partial charge in [-0.2, -0.15) is 0 Å². The van der Waals surface area contributed by atoms with Crippen LogP contribution < -0.4 is 4.74 Å². The molecule has 0 aromatic heterocycles. The van der Waals surface area contributed by atoms with E-state index in [0.717, 1.165) is 37.2 Å². The van der Waals surface area contributed by atoms with Gasteiger partial charge in [-0.3, -0.25) is 0 Å². The summed E-state index contributed by atoms with van der Waals surface area (Å²) in [6.45, 7) is 2.71. The van der Waals surface area contributed by atoms with E-state index in [1.54, 1.807) is 0 Å². The van der Waals surface area contributed by atoms with Crippen molar-refractivity contribution in [1.82, 2.24) is 0 Å². The third-order valence-corrected chi connectivity index (χ3v) is 6.61. The van der Waals surface area contributed by atoms with Crippen molar-refractivity contribution in [3.8, 4) is 22.6 Å². The fourth-order valence-corrected chi connectivity index (χ4v) is 4.52. The lowest BCUT2D eigenvalue weighted by Gasteiger charge is -2.42. The smallest absolute Gasteiger partial charge is 0.201 e. The highest BCUT2D eigenvalue weighted by atomic mass is 17.2. The maximum Gasteiger partial charge on any atom is 0.201 e. The van der Waals surface area contributed by atoms with Crippen LogP contribution in [-0.4, -0.2) is 18.5 Å². The average Bonchev–Trinajstić information content (AvgIpc) is 2.86. The largest absolute Gasteiger partial charge is 0.457 e. The van der Waals surface area contributed by atoms with Crippen LogP contribution in [0.15, 0.2) is 78.9 Å². The minimum atomic E-state index is -0.512. The molecule has 1 saturated carbocycles. The molecule has 4 heteroatoms. The SMILES string of the molecule is C[C@@H](c1ccc(Oc2ccc(-c3ccccc3)cc2)cc1)C1COC2(CCCCC2)OO1. The Morgan fingerprint density at radius 2 is 1.41 bits per heavy atom. The summed E-state index contributed by atoms with van der Waals surface area (Å²) >= 11 is 0. The van der Waals surface area contributed by atoms with E-state index in [1.165, 1.54) is 23.1 Å². The number of ether oxygens (including phenoxy) is 2. The van der Waals surface area contributed by atoms with Crippen molar-refractivity contribution < 1.29 is 19.2 Å². The Kier molecular flexibility index (Phi) is 6.26. The lowest BCUT2D eigenvalue weighted by atomic mass is 9.92. The fourth-order valence-electron chi connectivity index (χ4n) is 4.52. The van der Waals surface area contributed by atoms with Gasteiger partial charge < -0.3 is 9.47 Å². The second kappa shape index (κ2) is 9.45. The summed E-state index contributed by atoms with van der Waals surface area (Å²) in [4.78, 5) is 11.6. The van der Waals surface area contributed by atoms with Crippen LogP contribution in [-0.2, 0) is 14.5 Å². The Bertz CT molecular complexity index is 982. The standard InChI is InChI=1S/C28H30O4/c1-21(27-20-29-28(32-31-27)18-6-3-7-19-28)22-10-14-25(15-11-22)30-26-16-12-24(13-17-26)23-8-4-2-5-9-23/h2,4-5,8-17,21,27H,3,6-7,18-20H2,1H3/t21-,27?/m0/s1.